The van der Waals surface area contributed by atoms with Crippen LogP contribution in [0, 0.1) is 13.8 Å². The van der Waals surface area contributed by atoms with E-state index in [4.69, 9.17) is 0 Å². The Hall–Kier alpha value is -3.48. The molecule has 1 heterocycles. The van der Waals surface area contributed by atoms with Crippen molar-refractivity contribution in [2.24, 2.45) is 0 Å². The average molecular weight is 348 g/mol. The van der Waals surface area contributed by atoms with Gasteiger partial charge in [0, 0.05) is 24.0 Å². The van der Waals surface area contributed by atoms with E-state index in [0.29, 0.717) is 17.5 Å². The molecule has 7 nitrogen and oxygen atoms in total. The lowest BCUT2D eigenvalue weighted by Gasteiger charge is -2.10. The van der Waals surface area contributed by atoms with E-state index >= 15 is 0 Å². The maximum absolute atomic E-state index is 11.2. The van der Waals surface area contributed by atoms with Crippen LogP contribution in [0.1, 0.15) is 18.1 Å². The molecule has 132 valence electrons. The molecule has 1 aromatic heterocycles. The number of carbonyl (C=O) groups is 1. The summed E-state index contributed by atoms with van der Waals surface area (Å²) in [6.07, 6.45) is 1.54. The quantitative estimate of drug-likeness (QED) is 0.647. The van der Waals surface area contributed by atoms with Crippen molar-refractivity contribution in [3.63, 3.8) is 0 Å². The summed E-state index contributed by atoms with van der Waals surface area (Å²) in [5.41, 5.74) is 4.81. The Morgan fingerprint density at radius 3 is 2.46 bits per heavy atom. The second-order valence-corrected chi connectivity index (χ2v) is 5.98. The van der Waals surface area contributed by atoms with Gasteiger partial charge in [-0.25, -0.2) is 0 Å². The Morgan fingerprint density at radius 1 is 0.923 bits per heavy atom. The van der Waals surface area contributed by atoms with Gasteiger partial charge in [0.05, 0.1) is 6.20 Å². The fourth-order valence-electron chi connectivity index (χ4n) is 2.39. The maximum atomic E-state index is 11.2. The molecule has 3 rings (SSSR count). The van der Waals surface area contributed by atoms with Gasteiger partial charge in [0.15, 0.2) is 5.82 Å². The number of aromatic nitrogens is 3. The number of anilines is 5. The zero-order valence-corrected chi connectivity index (χ0v) is 14.9. The Morgan fingerprint density at radius 2 is 1.69 bits per heavy atom. The van der Waals surface area contributed by atoms with E-state index in [2.05, 4.69) is 45.0 Å². The number of rotatable bonds is 5. The van der Waals surface area contributed by atoms with Crippen LogP contribution in [0.25, 0.3) is 0 Å². The van der Waals surface area contributed by atoms with Crippen molar-refractivity contribution < 1.29 is 4.79 Å². The normalized spacial score (nSPS) is 10.3. The van der Waals surface area contributed by atoms with Gasteiger partial charge in [-0.15, -0.1) is 5.10 Å². The molecule has 1 amide bonds. The van der Waals surface area contributed by atoms with E-state index in [1.54, 1.807) is 0 Å². The van der Waals surface area contributed by atoms with Crippen LogP contribution in [0.15, 0.2) is 48.7 Å². The van der Waals surface area contributed by atoms with Crippen LogP contribution >= 0.6 is 0 Å². The van der Waals surface area contributed by atoms with Gasteiger partial charge in [-0.3, -0.25) is 4.79 Å². The first kappa shape index (κ1) is 17.3. The number of nitrogens with one attached hydrogen (secondary N) is 3. The average Bonchev–Trinajstić information content (AvgIpc) is 2.58. The highest BCUT2D eigenvalue weighted by molar-refractivity contribution is 5.89. The van der Waals surface area contributed by atoms with Crippen molar-refractivity contribution in [1.82, 2.24) is 15.2 Å². The van der Waals surface area contributed by atoms with Gasteiger partial charge < -0.3 is 16.0 Å². The summed E-state index contributed by atoms with van der Waals surface area (Å²) in [5.74, 6) is 0.827. The molecule has 0 saturated heterocycles. The highest BCUT2D eigenvalue weighted by Gasteiger charge is 2.04. The molecule has 0 aliphatic rings. The summed E-state index contributed by atoms with van der Waals surface area (Å²) < 4.78 is 0. The van der Waals surface area contributed by atoms with E-state index in [1.807, 2.05) is 42.5 Å². The third kappa shape index (κ3) is 4.54. The van der Waals surface area contributed by atoms with E-state index < -0.39 is 0 Å². The maximum Gasteiger partial charge on any atom is 0.249 e. The van der Waals surface area contributed by atoms with Gasteiger partial charge in [0.25, 0.3) is 0 Å². The lowest BCUT2D eigenvalue weighted by molar-refractivity contribution is -0.114. The molecular weight excluding hydrogens is 328 g/mol. The third-order valence-corrected chi connectivity index (χ3v) is 3.78. The smallest absolute Gasteiger partial charge is 0.249 e. The topological polar surface area (TPSA) is 91.8 Å². The van der Waals surface area contributed by atoms with Crippen LogP contribution in [0.3, 0.4) is 0 Å². The Bertz CT molecular complexity index is 941. The molecule has 0 radical (unpaired) electrons. The second-order valence-electron chi connectivity index (χ2n) is 5.98. The van der Waals surface area contributed by atoms with Crippen molar-refractivity contribution in [1.29, 1.82) is 0 Å². The SMILES string of the molecule is CC(=O)Nc1cccc(Nc2cnnc(Nc3ccc(C)c(C)c3)n2)c1. The number of nitrogens with zero attached hydrogens (tertiary/aromatic N) is 3. The van der Waals surface area contributed by atoms with Crippen LogP contribution in [0.2, 0.25) is 0 Å². The van der Waals surface area contributed by atoms with E-state index in [9.17, 15) is 4.79 Å². The first-order valence-electron chi connectivity index (χ1n) is 8.18. The number of benzene rings is 2. The summed E-state index contributed by atoms with van der Waals surface area (Å²) in [7, 11) is 0. The minimum atomic E-state index is -0.120. The van der Waals surface area contributed by atoms with E-state index in [1.165, 1.54) is 24.2 Å². The zero-order valence-electron chi connectivity index (χ0n) is 14.9. The van der Waals surface area contributed by atoms with E-state index in [-0.39, 0.29) is 5.91 Å². The first-order chi connectivity index (χ1) is 12.5. The Balaban J connectivity index is 1.75. The van der Waals surface area contributed by atoms with Crippen molar-refractivity contribution >= 4 is 34.7 Å². The molecular formula is C19H20N6O. The predicted molar refractivity (Wildman–Crippen MR) is 103 cm³/mol. The fraction of sp³-hybridized carbons (Fsp3) is 0.158. The zero-order chi connectivity index (χ0) is 18.5. The van der Waals surface area contributed by atoms with Gasteiger partial charge in [0.1, 0.15) is 0 Å². The number of hydrogen-bond donors (Lipinski definition) is 3. The first-order valence-corrected chi connectivity index (χ1v) is 8.18. The molecule has 3 N–H and O–H groups in total. The van der Waals surface area contributed by atoms with Crippen LogP contribution < -0.4 is 16.0 Å². The number of hydrogen-bond acceptors (Lipinski definition) is 6. The second kappa shape index (κ2) is 7.60. The van der Waals surface area contributed by atoms with Gasteiger partial charge in [-0.1, -0.05) is 12.1 Å². The monoisotopic (exact) mass is 348 g/mol. The number of amides is 1. The van der Waals surface area contributed by atoms with Crippen LogP contribution in [-0.2, 0) is 4.79 Å². The summed E-state index contributed by atoms with van der Waals surface area (Å²) >= 11 is 0. The molecule has 0 bridgehead atoms. The van der Waals surface area contributed by atoms with Crippen molar-refractivity contribution in [3.8, 4) is 0 Å². The highest BCUT2D eigenvalue weighted by atomic mass is 16.1. The van der Waals surface area contributed by atoms with Gasteiger partial charge in [0.2, 0.25) is 11.9 Å². The number of carbonyl (C=O) groups excluding carboxylic acids is 1. The van der Waals surface area contributed by atoms with Crippen LogP contribution in [0.5, 0.6) is 0 Å². The molecule has 0 unspecified atom stereocenters. The molecule has 2 aromatic carbocycles. The molecule has 26 heavy (non-hydrogen) atoms. The third-order valence-electron chi connectivity index (χ3n) is 3.78. The van der Waals surface area contributed by atoms with Gasteiger partial charge >= 0.3 is 0 Å². The Kier molecular flexibility index (Phi) is 5.07. The molecule has 0 aliphatic carbocycles. The Labute approximate surface area is 151 Å². The molecule has 0 saturated carbocycles. The predicted octanol–water partition coefficient (Wildman–Crippen LogP) is 3.93. The fourth-order valence-corrected chi connectivity index (χ4v) is 2.39. The van der Waals surface area contributed by atoms with Crippen LogP contribution in [0.4, 0.5) is 28.8 Å². The van der Waals surface area contributed by atoms with Crippen molar-refractivity contribution in [2.45, 2.75) is 20.8 Å². The number of aryl methyl sites for hydroxylation is 2. The van der Waals surface area contributed by atoms with Gasteiger partial charge in [-0.2, -0.15) is 10.1 Å². The van der Waals surface area contributed by atoms with Gasteiger partial charge in [-0.05, 0) is 55.3 Å². The van der Waals surface area contributed by atoms with Crippen molar-refractivity contribution in [3.05, 3.63) is 59.8 Å². The van der Waals surface area contributed by atoms with Crippen LogP contribution in [-0.4, -0.2) is 21.1 Å². The molecule has 0 atom stereocenters. The molecule has 3 aromatic rings. The molecule has 0 fully saturated rings. The summed E-state index contributed by atoms with van der Waals surface area (Å²) in [6.45, 7) is 5.59. The summed E-state index contributed by atoms with van der Waals surface area (Å²) in [4.78, 5) is 15.6. The highest BCUT2D eigenvalue weighted by Crippen LogP contribution is 2.21. The van der Waals surface area contributed by atoms with Crippen molar-refractivity contribution in [2.75, 3.05) is 16.0 Å². The molecule has 0 spiro atoms. The minimum absolute atomic E-state index is 0.120. The molecule has 7 heteroatoms. The summed E-state index contributed by atoms with van der Waals surface area (Å²) in [6, 6.07) is 13.4. The molecule has 0 aliphatic heterocycles. The lowest BCUT2D eigenvalue weighted by atomic mass is 10.1. The summed E-state index contributed by atoms with van der Waals surface area (Å²) in [5, 5.41) is 17.1. The van der Waals surface area contributed by atoms with E-state index in [0.717, 1.165) is 11.4 Å². The standard InChI is InChI=1S/C19H20N6O/c1-12-7-8-17(9-13(12)2)23-19-24-18(11-20-25-19)22-16-6-4-5-15(10-16)21-14(3)26/h4-11H,1-3H3,(H,21,26)(H2,22,23,24,25). The minimum Gasteiger partial charge on any atom is -0.339 e. The largest absolute Gasteiger partial charge is 0.339 e. The lowest BCUT2D eigenvalue weighted by Crippen LogP contribution is -2.06.